The van der Waals surface area contributed by atoms with Crippen molar-refractivity contribution < 1.29 is 19.2 Å². The van der Waals surface area contributed by atoms with Crippen molar-refractivity contribution in [1.82, 2.24) is 5.48 Å². The monoisotopic (exact) mass is 281 g/mol. The molecule has 2 rings (SSSR count). The van der Waals surface area contributed by atoms with Crippen LogP contribution in [0.2, 0.25) is 0 Å². The molecule has 0 atom stereocenters. The fraction of sp³-hybridized carbons (Fsp3) is 0.385. The van der Waals surface area contributed by atoms with Crippen LogP contribution >= 0.6 is 11.8 Å². The highest BCUT2D eigenvalue weighted by Crippen LogP contribution is 2.37. The summed E-state index contributed by atoms with van der Waals surface area (Å²) in [5, 5.41) is 0. The van der Waals surface area contributed by atoms with Crippen LogP contribution < -0.4 is 10.2 Å². The first-order chi connectivity index (χ1) is 9.13. The van der Waals surface area contributed by atoms with E-state index in [0.29, 0.717) is 24.3 Å². The summed E-state index contributed by atoms with van der Waals surface area (Å²) < 4.78 is 5.15. The average molecular weight is 281 g/mol. The third kappa shape index (κ3) is 3.08. The van der Waals surface area contributed by atoms with Crippen molar-refractivity contribution in [2.75, 3.05) is 12.4 Å². The van der Waals surface area contributed by atoms with Crippen molar-refractivity contribution >= 4 is 23.6 Å². The van der Waals surface area contributed by atoms with E-state index in [1.54, 1.807) is 30.8 Å². The molecular weight excluding hydrogens is 266 g/mol. The molecule has 0 saturated heterocycles. The molecule has 6 heteroatoms. The largest absolute Gasteiger partial charge is 0.436 e. The Hall–Kier alpha value is -1.53. The maximum Gasteiger partial charge on any atom is 0.436 e. The van der Waals surface area contributed by atoms with Crippen molar-refractivity contribution in [2.45, 2.75) is 25.2 Å². The Kier molecular flexibility index (Phi) is 4.44. The van der Waals surface area contributed by atoms with Crippen LogP contribution in [0.5, 0.6) is 5.75 Å². The molecule has 0 fully saturated rings. The number of benzene rings is 1. The van der Waals surface area contributed by atoms with Gasteiger partial charge < -0.3 is 4.74 Å². The number of carbonyl (C=O) groups is 2. The van der Waals surface area contributed by atoms with Crippen LogP contribution in [0, 0.1) is 6.92 Å². The summed E-state index contributed by atoms with van der Waals surface area (Å²) in [4.78, 5) is 28.8. The van der Waals surface area contributed by atoms with Gasteiger partial charge in [-0.05, 0) is 26.0 Å². The minimum Gasteiger partial charge on any atom is -0.409 e. The van der Waals surface area contributed by atoms with Gasteiger partial charge in [-0.1, -0.05) is 0 Å². The van der Waals surface area contributed by atoms with Crippen LogP contribution in [-0.4, -0.2) is 24.2 Å². The number of thioether (sulfide) groups is 1. The van der Waals surface area contributed by atoms with Gasteiger partial charge in [-0.15, -0.1) is 11.8 Å². The molecule has 0 bridgehead atoms. The van der Waals surface area contributed by atoms with E-state index in [9.17, 15) is 9.59 Å². The van der Waals surface area contributed by atoms with Crippen LogP contribution in [0.1, 0.15) is 29.3 Å². The Morgan fingerprint density at radius 3 is 3.00 bits per heavy atom. The molecule has 0 aromatic heterocycles. The lowest BCUT2D eigenvalue weighted by Gasteiger charge is -2.18. The van der Waals surface area contributed by atoms with Gasteiger partial charge in [0.2, 0.25) is 0 Å². The fourth-order valence-corrected chi connectivity index (χ4v) is 2.97. The fourth-order valence-electron chi connectivity index (χ4n) is 1.82. The highest BCUT2D eigenvalue weighted by molar-refractivity contribution is 7.99. The first-order valence-corrected chi connectivity index (χ1v) is 7.01. The molecule has 1 aliphatic rings. The average Bonchev–Trinajstić information content (AvgIpc) is 2.40. The third-order valence-electron chi connectivity index (χ3n) is 2.73. The van der Waals surface area contributed by atoms with Gasteiger partial charge >= 0.3 is 6.09 Å². The minimum absolute atomic E-state index is 0.141. The van der Waals surface area contributed by atoms with Crippen molar-refractivity contribution in [3.8, 4) is 5.75 Å². The molecule has 19 heavy (non-hydrogen) atoms. The quantitative estimate of drug-likeness (QED) is 0.863. The second kappa shape index (κ2) is 6.08. The maximum atomic E-state index is 11.8. The third-order valence-corrected chi connectivity index (χ3v) is 3.96. The van der Waals surface area contributed by atoms with Crippen molar-refractivity contribution in [3.05, 3.63) is 23.3 Å². The molecule has 5 nitrogen and oxygen atoms in total. The lowest BCUT2D eigenvalue weighted by molar-refractivity contribution is 0.0533. The zero-order valence-electron chi connectivity index (χ0n) is 10.8. The van der Waals surface area contributed by atoms with Crippen LogP contribution in [0.4, 0.5) is 4.79 Å². The van der Waals surface area contributed by atoms with E-state index >= 15 is 0 Å². The number of carbonyl (C=O) groups excluding carboxylic acids is 2. The van der Waals surface area contributed by atoms with E-state index in [0.717, 1.165) is 16.2 Å². The number of fused-ring (bicyclic) bond motifs is 1. The van der Waals surface area contributed by atoms with Gasteiger partial charge in [0.25, 0.3) is 0 Å². The van der Waals surface area contributed by atoms with Gasteiger partial charge in [0.05, 0.1) is 6.61 Å². The van der Waals surface area contributed by atoms with Gasteiger partial charge in [0.15, 0.2) is 5.78 Å². The van der Waals surface area contributed by atoms with Crippen molar-refractivity contribution in [2.24, 2.45) is 0 Å². The zero-order valence-corrected chi connectivity index (χ0v) is 11.6. The number of ketones is 1. The number of hydrogen-bond acceptors (Lipinski definition) is 5. The van der Waals surface area contributed by atoms with Crippen molar-refractivity contribution in [3.63, 3.8) is 0 Å². The second-order valence-corrected chi connectivity index (χ2v) is 5.12. The first kappa shape index (κ1) is 13.9. The highest BCUT2D eigenvalue weighted by Gasteiger charge is 2.22. The van der Waals surface area contributed by atoms with Crippen LogP contribution in [0.25, 0.3) is 0 Å². The van der Waals surface area contributed by atoms with Gasteiger partial charge in [-0.25, -0.2) is 4.79 Å². The predicted octanol–water partition coefficient (Wildman–Crippen LogP) is 2.71. The molecule has 1 aliphatic heterocycles. The molecule has 1 aromatic rings. The van der Waals surface area contributed by atoms with Crippen LogP contribution in [0.15, 0.2) is 17.0 Å². The number of ether oxygens (including phenoxy) is 1. The van der Waals surface area contributed by atoms with E-state index in [4.69, 9.17) is 9.57 Å². The Balaban J connectivity index is 2.19. The second-order valence-electron chi connectivity index (χ2n) is 4.01. The standard InChI is InChI=1S/C13H15NO4S/c1-3-17-14-13(16)18-11-5-4-9-10(15)6-7-19-12(9)8(11)2/h4-5H,3,6-7H2,1-2H3,(H,14,16). The summed E-state index contributed by atoms with van der Waals surface area (Å²) in [6.45, 7) is 3.96. The SMILES string of the molecule is CCONC(=O)Oc1ccc2c(c1C)SCCC2=O. The molecule has 0 radical (unpaired) electrons. The van der Waals surface area contributed by atoms with E-state index in [1.807, 2.05) is 6.92 Å². The lowest BCUT2D eigenvalue weighted by atomic mass is 10.0. The molecule has 1 amide bonds. The Bertz CT molecular complexity index is 516. The molecule has 0 spiro atoms. The molecule has 1 heterocycles. The topological polar surface area (TPSA) is 64.6 Å². The maximum absolute atomic E-state index is 11.8. The molecule has 1 aromatic carbocycles. The predicted molar refractivity (Wildman–Crippen MR) is 71.6 cm³/mol. The summed E-state index contributed by atoms with van der Waals surface area (Å²) in [6, 6.07) is 3.35. The van der Waals surface area contributed by atoms with Gasteiger partial charge in [-0.3, -0.25) is 9.63 Å². The molecular formula is C13H15NO4S. The van der Waals surface area contributed by atoms with Crippen LogP contribution in [-0.2, 0) is 4.84 Å². The van der Waals surface area contributed by atoms with Crippen molar-refractivity contribution in [1.29, 1.82) is 0 Å². The van der Waals surface area contributed by atoms with E-state index < -0.39 is 6.09 Å². The highest BCUT2D eigenvalue weighted by atomic mass is 32.2. The van der Waals surface area contributed by atoms with Crippen LogP contribution in [0.3, 0.4) is 0 Å². The van der Waals surface area contributed by atoms with E-state index in [2.05, 4.69) is 5.48 Å². The minimum atomic E-state index is -0.669. The summed E-state index contributed by atoms with van der Waals surface area (Å²) >= 11 is 1.61. The van der Waals surface area contributed by atoms with Gasteiger partial charge in [0.1, 0.15) is 5.75 Å². The number of hydrogen-bond donors (Lipinski definition) is 1. The lowest BCUT2D eigenvalue weighted by Crippen LogP contribution is -2.27. The summed E-state index contributed by atoms with van der Waals surface area (Å²) in [6.07, 6.45) is -0.112. The molecule has 1 N–H and O–H groups in total. The molecule has 0 unspecified atom stereocenters. The Morgan fingerprint density at radius 1 is 1.47 bits per heavy atom. The molecule has 102 valence electrons. The van der Waals surface area contributed by atoms with E-state index in [-0.39, 0.29) is 5.78 Å². The number of nitrogens with one attached hydrogen (secondary N) is 1. The summed E-state index contributed by atoms with van der Waals surface area (Å²) in [5.41, 5.74) is 3.68. The normalized spacial score (nSPS) is 13.9. The summed E-state index contributed by atoms with van der Waals surface area (Å²) in [7, 11) is 0. The van der Waals surface area contributed by atoms with Gasteiger partial charge in [0, 0.05) is 28.2 Å². The Morgan fingerprint density at radius 2 is 2.26 bits per heavy atom. The molecule has 0 saturated carbocycles. The summed E-state index contributed by atoms with van der Waals surface area (Å²) in [5.74, 6) is 1.35. The molecule has 0 aliphatic carbocycles. The zero-order chi connectivity index (χ0) is 13.8. The van der Waals surface area contributed by atoms with Gasteiger partial charge in [-0.2, -0.15) is 5.48 Å². The first-order valence-electron chi connectivity index (χ1n) is 6.02. The number of hydroxylamine groups is 1. The smallest absolute Gasteiger partial charge is 0.409 e. The number of Topliss-reactive ketones (excluding diaryl/α,β-unsaturated/α-hetero) is 1. The van der Waals surface area contributed by atoms with E-state index in [1.165, 1.54) is 0 Å². The number of rotatable bonds is 3. The Labute approximate surface area is 115 Å². The number of amides is 1.